The molecule has 9 rings (SSSR count). The van der Waals surface area contributed by atoms with Crippen molar-refractivity contribution in [2.45, 2.75) is 12.8 Å². The lowest BCUT2D eigenvalue weighted by atomic mass is 9.91. The van der Waals surface area contributed by atoms with Crippen molar-refractivity contribution < 1.29 is 0 Å². The van der Waals surface area contributed by atoms with Gasteiger partial charge in [0.2, 0.25) is 0 Å². The lowest BCUT2D eigenvalue weighted by Gasteiger charge is -2.27. The molecule has 1 heterocycles. The monoisotopic (exact) mass is 640 g/mol. The number of hydrogen-bond acceptors (Lipinski definition) is 1. The molecule has 1 aromatic heterocycles. The van der Waals surface area contributed by atoms with Gasteiger partial charge in [-0.3, -0.25) is 0 Å². The second-order valence-electron chi connectivity index (χ2n) is 12.9. The number of anilines is 3. The summed E-state index contributed by atoms with van der Waals surface area (Å²) in [5, 5.41) is 3.73. The second kappa shape index (κ2) is 12.9. The number of para-hydroxylation sites is 2. The summed E-state index contributed by atoms with van der Waals surface area (Å²) in [7, 11) is 0. The summed E-state index contributed by atoms with van der Waals surface area (Å²) in [4.78, 5) is 2.36. The molecule has 2 heteroatoms. The highest BCUT2D eigenvalue weighted by molar-refractivity contribution is 6.04. The van der Waals surface area contributed by atoms with E-state index >= 15 is 0 Å². The lowest BCUT2D eigenvalue weighted by Crippen LogP contribution is -2.10. The summed E-state index contributed by atoms with van der Waals surface area (Å²) in [5.41, 5.74) is 13.4. The zero-order valence-corrected chi connectivity index (χ0v) is 27.8. The third-order valence-corrected chi connectivity index (χ3v) is 9.84. The van der Waals surface area contributed by atoms with Crippen molar-refractivity contribution in [3.05, 3.63) is 200 Å². The van der Waals surface area contributed by atoms with Crippen LogP contribution in [0, 0.1) is 0 Å². The first-order valence-corrected chi connectivity index (χ1v) is 17.4. The van der Waals surface area contributed by atoms with Gasteiger partial charge in [-0.1, -0.05) is 140 Å². The summed E-state index contributed by atoms with van der Waals surface area (Å²) >= 11 is 0. The van der Waals surface area contributed by atoms with E-state index in [1.54, 1.807) is 0 Å². The van der Waals surface area contributed by atoms with Crippen LogP contribution < -0.4 is 4.90 Å². The van der Waals surface area contributed by atoms with Crippen LogP contribution in [0.5, 0.6) is 0 Å². The molecule has 0 fully saturated rings. The Bertz CT molecular complexity index is 2500. The normalized spacial score (nSPS) is 12.7. The maximum atomic E-state index is 2.45. The maximum Gasteiger partial charge on any atom is 0.0616 e. The Labute approximate surface area is 293 Å². The molecule has 2 nitrogen and oxygen atoms in total. The first kappa shape index (κ1) is 29.7. The molecule has 0 atom stereocenters. The summed E-state index contributed by atoms with van der Waals surface area (Å²) in [6, 6.07) is 63.5. The number of benzene rings is 7. The fourth-order valence-corrected chi connectivity index (χ4v) is 7.53. The van der Waals surface area contributed by atoms with Gasteiger partial charge >= 0.3 is 0 Å². The highest BCUT2D eigenvalue weighted by Gasteiger charge is 2.23. The summed E-state index contributed by atoms with van der Waals surface area (Å²) < 4.78 is 2.45. The predicted octanol–water partition coefficient (Wildman–Crippen LogP) is 13.3. The van der Waals surface area contributed by atoms with Crippen molar-refractivity contribution in [3.63, 3.8) is 0 Å². The van der Waals surface area contributed by atoms with Gasteiger partial charge in [-0.15, -0.1) is 0 Å². The van der Waals surface area contributed by atoms with E-state index in [0.717, 1.165) is 24.2 Å². The quantitative estimate of drug-likeness (QED) is 0.168. The molecule has 0 aliphatic heterocycles. The molecule has 0 amide bonds. The Hall–Kier alpha value is -6.38. The van der Waals surface area contributed by atoms with Gasteiger partial charge in [0.1, 0.15) is 0 Å². The Balaban J connectivity index is 1.21. The van der Waals surface area contributed by atoms with Crippen LogP contribution in [-0.4, -0.2) is 4.57 Å². The fourth-order valence-electron chi connectivity index (χ4n) is 7.53. The van der Waals surface area contributed by atoms with Crippen LogP contribution in [0.25, 0.3) is 55.3 Å². The molecule has 0 saturated heterocycles. The average molecular weight is 641 g/mol. The highest BCUT2D eigenvalue weighted by atomic mass is 15.1. The minimum atomic E-state index is 1.02. The van der Waals surface area contributed by atoms with Crippen molar-refractivity contribution in [2.24, 2.45) is 0 Å². The zero-order chi connectivity index (χ0) is 33.3. The van der Waals surface area contributed by atoms with Crippen molar-refractivity contribution in [2.75, 3.05) is 4.90 Å². The molecule has 1 aliphatic rings. The minimum Gasteiger partial charge on any atom is -0.310 e. The SMILES string of the molecule is C1=CCCC(c2c(-c3ccccc3)n(-c3ccccc3)c3ccc(-c4ccc(N(c5ccccc5)c5cccc6ccccc56)cc4)cc23)=C1. The minimum absolute atomic E-state index is 1.02. The van der Waals surface area contributed by atoms with Gasteiger partial charge in [-0.2, -0.15) is 0 Å². The van der Waals surface area contributed by atoms with Crippen LogP contribution in [0.3, 0.4) is 0 Å². The molecule has 1 aliphatic carbocycles. The Morgan fingerprint density at radius 1 is 0.500 bits per heavy atom. The highest BCUT2D eigenvalue weighted by Crippen LogP contribution is 2.44. The predicted molar refractivity (Wildman–Crippen MR) is 213 cm³/mol. The first-order chi connectivity index (χ1) is 24.8. The standard InChI is InChI=1S/C48H36N2/c1-5-17-37(18-6-1)47-44-34-39(30-33-46(44)50(41-24-11-4-12-25-41)48(47)38-19-7-2-8-20-38)35-28-31-42(32-29-35)49(40-22-9-3-10-23-40)45-27-15-21-36-16-13-14-26-43(36)45/h1-5,7-17,19-34H,6,18H2. The van der Waals surface area contributed by atoms with Gasteiger partial charge in [0.25, 0.3) is 0 Å². The van der Waals surface area contributed by atoms with E-state index in [1.807, 2.05) is 0 Å². The van der Waals surface area contributed by atoms with Gasteiger partial charge in [-0.25, -0.2) is 0 Å². The van der Waals surface area contributed by atoms with Gasteiger partial charge in [-0.05, 0) is 95.1 Å². The van der Waals surface area contributed by atoms with Crippen LogP contribution in [-0.2, 0) is 0 Å². The molecule has 0 N–H and O–H groups in total. The summed E-state index contributed by atoms with van der Waals surface area (Å²) in [6.07, 6.45) is 8.87. The van der Waals surface area contributed by atoms with E-state index in [2.05, 4.69) is 204 Å². The first-order valence-electron chi connectivity index (χ1n) is 17.4. The van der Waals surface area contributed by atoms with Crippen LogP contribution in [0.4, 0.5) is 17.1 Å². The number of allylic oxidation sites excluding steroid dienone is 4. The summed E-state index contributed by atoms with van der Waals surface area (Å²) in [5.74, 6) is 0. The van der Waals surface area contributed by atoms with E-state index in [1.165, 1.54) is 66.6 Å². The van der Waals surface area contributed by atoms with E-state index < -0.39 is 0 Å². The van der Waals surface area contributed by atoms with Gasteiger partial charge in [0, 0.05) is 33.4 Å². The third-order valence-electron chi connectivity index (χ3n) is 9.84. The molecule has 7 aromatic carbocycles. The van der Waals surface area contributed by atoms with E-state index in [4.69, 9.17) is 0 Å². The van der Waals surface area contributed by atoms with Crippen LogP contribution in [0.2, 0.25) is 0 Å². The molecule has 0 unspecified atom stereocenters. The second-order valence-corrected chi connectivity index (χ2v) is 12.9. The zero-order valence-electron chi connectivity index (χ0n) is 27.8. The summed E-state index contributed by atoms with van der Waals surface area (Å²) in [6.45, 7) is 0. The van der Waals surface area contributed by atoms with Crippen molar-refractivity contribution in [3.8, 4) is 28.1 Å². The Morgan fingerprint density at radius 3 is 1.92 bits per heavy atom. The number of aromatic nitrogens is 1. The topological polar surface area (TPSA) is 8.17 Å². The molecule has 0 bridgehead atoms. The van der Waals surface area contributed by atoms with E-state index in [0.29, 0.717) is 0 Å². The number of hydrogen-bond donors (Lipinski definition) is 0. The van der Waals surface area contributed by atoms with Crippen LogP contribution in [0.15, 0.2) is 194 Å². The molecule has 50 heavy (non-hydrogen) atoms. The molecule has 0 radical (unpaired) electrons. The third kappa shape index (κ3) is 5.32. The van der Waals surface area contributed by atoms with Crippen molar-refractivity contribution in [1.29, 1.82) is 0 Å². The van der Waals surface area contributed by atoms with Gasteiger partial charge < -0.3 is 9.47 Å². The Kier molecular flexibility index (Phi) is 7.68. The molecule has 8 aromatic rings. The molecule has 238 valence electrons. The van der Waals surface area contributed by atoms with Crippen molar-refractivity contribution >= 4 is 44.3 Å². The van der Waals surface area contributed by atoms with Gasteiger partial charge in [0.15, 0.2) is 0 Å². The van der Waals surface area contributed by atoms with E-state index in [-0.39, 0.29) is 0 Å². The Morgan fingerprint density at radius 2 is 1.16 bits per heavy atom. The smallest absolute Gasteiger partial charge is 0.0616 e. The molecular formula is C48H36N2. The van der Waals surface area contributed by atoms with Gasteiger partial charge in [0.05, 0.1) is 16.9 Å². The lowest BCUT2D eigenvalue weighted by molar-refractivity contribution is 1.05. The van der Waals surface area contributed by atoms with Crippen LogP contribution in [0.1, 0.15) is 18.4 Å². The number of nitrogens with zero attached hydrogens (tertiary/aromatic N) is 2. The molecule has 0 spiro atoms. The maximum absolute atomic E-state index is 2.45. The number of rotatable bonds is 7. The number of fused-ring (bicyclic) bond motifs is 2. The molecular weight excluding hydrogens is 605 g/mol. The fraction of sp³-hybridized carbons (Fsp3) is 0.0417. The largest absolute Gasteiger partial charge is 0.310 e. The molecule has 0 saturated carbocycles. The average Bonchev–Trinajstić information content (AvgIpc) is 3.54. The van der Waals surface area contributed by atoms with Crippen LogP contribution >= 0.6 is 0 Å². The van der Waals surface area contributed by atoms with E-state index in [9.17, 15) is 0 Å². The van der Waals surface area contributed by atoms with Crippen molar-refractivity contribution in [1.82, 2.24) is 4.57 Å².